The van der Waals surface area contributed by atoms with Gasteiger partial charge in [0, 0.05) is 58.6 Å². The highest BCUT2D eigenvalue weighted by atomic mass is 16.5. The number of aromatic nitrogens is 3. The van der Waals surface area contributed by atoms with Gasteiger partial charge in [-0.1, -0.05) is 115 Å². The molecule has 0 aliphatic carbocycles. The molecule has 0 fully saturated rings. The van der Waals surface area contributed by atoms with E-state index in [1.165, 1.54) is 0 Å². The topological polar surface area (TPSA) is 38.5 Å². The highest BCUT2D eigenvalue weighted by molar-refractivity contribution is 6.20. The Kier molecular flexibility index (Phi) is 8.11. The van der Waals surface area contributed by atoms with Crippen LogP contribution in [0.25, 0.3) is 66.6 Å². The van der Waals surface area contributed by atoms with Crippen molar-refractivity contribution in [3.63, 3.8) is 0 Å². The lowest BCUT2D eigenvalue weighted by Crippen LogP contribution is -2.24. The summed E-state index contributed by atoms with van der Waals surface area (Å²) in [7, 11) is 0. The molecule has 6 heteroatoms. The highest BCUT2D eigenvalue weighted by Crippen LogP contribution is 2.43. The summed E-state index contributed by atoms with van der Waals surface area (Å²) in [6, 6.07) is 67.9. The van der Waals surface area contributed by atoms with Crippen LogP contribution in [-0.2, 0) is 0 Å². The van der Waals surface area contributed by atoms with E-state index < -0.39 is 0 Å². The number of anilines is 2. The maximum absolute atomic E-state index is 6.91. The Bertz CT molecular complexity index is 3120. The van der Waals surface area contributed by atoms with E-state index in [0.29, 0.717) is 6.67 Å². The Hall–Kier alpha value is -7.83. The zero-order chi connectivity index (χ0) is 38.4. The number of rotatable bonds is 8. The van der Waals surface area contributed by atoms with E-state index in [1.807, 2.05) is 18.3 Å². The van der Waals surface area contributed by atoms with Gasteiger partial charge in [0.15, 0.2) is 0 Å². The van der Waals surface area contributed by atoms with Gasteiger partial charge in [-0.25, -0.2) is 4.98 Å². The molecule has 0 radical (unpaired) electrons. The van der Waals surface area contributed by atoms with Crippen molar-refractivity contribution in [3.8, 4) is 45.3 Å². The second kappa shape index (κ2) is 14.0. The molecule has 0 N–H and O–H groups in total. The van der Waals surface area contributed by atoms with Gasteiger partial charge in [0.2, 0.25) is 0 Å². The summed E-state index contributed by atoms with van der Waals surface area (Å²) in [5.74, 6) is 2.34. The van der Waals surface area contributed by atoms with Gasteiger partial charge < -0.3 is 19.1 Å². The summed E-state index contributed by atoms with van der Waals surface area (Å²) in [6.45, 7) is 0.696. The van der Waals surface area contributed by atoms with E-state index >= 15 is 0 Å². The van der Waals surface area contributed by atoms with E-state index in [9.17, 15) is 0 Å². The van der Waals surface area contributed by atoms with Gasteiger partial charge in [0.05, 0.1) is 28.7 Å². The van der Waals surface area contributed by atoms with Crippen molar-refractivity contribution in [2.75, 3.05) is 16.5 Å². The molecule has 11 rings (SSSR count). The lowest BCUT2D eigenvalue weighted by Gasteiger charge is -2.23. The second-order valence-corrected chi connectivity index (χ2v) is 14.6. The zero-order valence-corrected chi connectivity index (χ0v) is 31.6. The van der Waals surface area contributed by atoms with E-state index in [4.69, 9.17) is 9.72 Å². The molecule has 7 aromatic carbocycles. The lowest BCUT2D eigenvalue weighted by atomic mass is 10.0. The molecule has 4 heterocycles. The van der Waals surface area contributed by atoms with Crippen molar-refractivity contribution in [1.82, 2.24) is 14.1 Å². The van der Waals surface area contributed by atoms with Crippen LogP contribution < -0.4 is 14.5 Å². The predicted molar refractivity (Wildman–Crippen MR) is 238 cm³/mol. The largest absolute Gasteiger partial charge is 0.457 e. The molecule has 10 aromatic rings. The van der Waals surface area contributed by atoms with Gasteiger partial charge in [-0.3, -0.25) is 4.57 Å². The number of para-hydroxylation sites is 3. The maximum atomic E-state index is 6.91. The third-order valence-corrected chi connectivity index (χ3v) is 11.0. The average molecular weight is 748 g/mol. The minimum atomic E-state index is 0.696. The minimum absolute atomic E-state index is 0.696. The Morgan fingerprint density at radius 1 is 0.397 bits per heavy atom. The van der Waals surface area contributed by atoms with E-state index in [2.05, 4.69) is 213 Å². The number of pyridine rings is 1. The summed E-state index contributed by atoms with van der Waals surface area (Å²) >= 11 is 0. The number of hydrogen-bond donors (Lipinski definition) is 0. The molecule has 3 aromatic heterocycles. The first-order chi connectivity index (χ1) is 28.7. The van der Waals surface area contributed by atoms with Crippen LogP contribution in [0.3, 0.4) is 0 Å². The smallest absolute Gasteiger partial charge is 0.138 e. The third kappa shape index (κ3) is 5.87. The Balaban J connectivity index is 1.08. The number of nitrogens with zero attached hydrogens (tertiary/aromatic N) is 5. The van der Waals surface area contributed by atoms with Crippen molar-refractivity contribution < 1.29 is 4.74 Å². The minimum Gasteiger partial charge on any atom is -0.457 e. The fourth-order valence-electron chi connectivity index (χ4n) is 8.33. The number of ether oxygens (including phenoxy) is 1. The molecule has 276 valence electrons. The van der Waals surface area contributed by atoms with E-state index in [0.717, 1.165) is 89.5 Å². The zero-order valence-electron chi connectivity index (χ0n) is 31.6. The molecule has 1 aliphatic rings. The standard InChI is InChI=1S/C52H37N5O/c1-5-15-37(16-6-1)39-27-28-53-50(33-39)57-49-35-44(25-26-47(49)51-52(57)46-23-13-14-24-48(46)56(51)42-21-11-4-12-22-42)58-45-32-40(38-17-7-2-8-18-38)31-43(34-45)55-30-29-54(36-55)41-19-9-3-10-20-41/h1-35H,36H2. The average Bonchev–Trinajstić information content (AvgIpc) is 4.01. The van der Waals surface area contributed by atoms with Crippen molar-refractivity contribution in [3.05, 3.63) is 213 Å². The van der Waals surface area contributed by atoms with Gasteiger partial charge in [0.25, 0.3) is 0 Å². The van der Waals surface area contributed by atoms with Crippen molar-refractivity contribution in [2.24, 2.45) is 0 Å². The summed E-state index contributed by atoms with van der Waals surface area (Å²) < 4.78 is 11.6. The molecule has 0 saturated carbocycles. The van der Waals surface area contributed by atoms with Crippen LogP contribution in [0, 0.1) is 0 Å². The van der Waals surface area contributed by atoms with Crippen LogP contribution in [0.15, 0.2) is 213 Å². The van der Waals surface area contributed by atoms with Gasteiger partial charge in [-0.15, -0.1) is 0 Å². The maximum Gasteiger partial charge on any atom is 0.138 e. The Morgan fingerprint density at radius 2 is 1.00 bits per heavy atom. The first-order valence-corrected chi connectivity index (χ1v) is 19.6. The van der Waals surface area contributed by atoms with Crippen molar-refractivity contribution in [2.45, 2.75) is 0 Å². The predicted octanol–water partition coefficient (Wildman–Crippen LogP) is 13.0. The molecule has 0 atom stereocenters. The van der Waals surface area contributed by atoms with Gasteiger partial charge >= 0.3 is 0 Å². The summed E-state index contributed by atoms with van der Waals surface area (Å²) in [6.07, 6.45) is 6.17. The molecular formula is C52H37N5O. The number of fused-ring (bicyclic) bond motifs is 5. The fraction of sp³-hybridized carbons (Fsp3) is 0.0192. The molecule has 1 aliphatic heterocycles. The first kappa shape index (κ1) is 33.5. The Morgan fingerprint density at radius 3 is 1.74 bits per heavy atom. The van der Waals surface area contributed by atoms with Crippen LogP contribution in [0.4, 0.5) is 11.4 Å². The summed E-state index contributed by atoms with van der Waals surface area (Å²) in [5, 5.41) is 2.26. The van der Waals surface area contributed by atoms with Crippen LogP contribution in [0.5, 0.6) is 11.5 Å². The van der Waals surface area contributed by atoms with E-state index in [1.54, 1.807) is 0 Å². The molecular weight excluding hydrogens is 711 g/mol. The summed E-state index contributed by atoms with van der Waals surface area (Å²) in [4.78, 5) is 9.54. The van der Waals surface area contributed by atoms with Crippen LogP contribution in [0.1, 0.15) is 0 Å². The molecule has 6 nitrogen and oxygen atoms in total. The van der Waals surface area contributed by atoms with Crippen molar-refractivity contribution in [1.29, 1.82) is 0 Å². The highest BCUT2D eigenvalue weighted by Gasteiger charge is 2.24. The SMILES string of the molecule is C1=CN(c2cc(Oc3ccc4c(c3)n(-c3cc(-c5ccccc5)ccn3)c3c5ccccc5n(-c5ccccc5)c43)cc(-c3ccccc3)c2)CN1c1ccccc1. The second-order valence-electron chi connectivity index (χ2n) is 14.6. The summed E-state index contributed by atoms with van der Waals surface area (Å²) in [5.41, 5.74) is 12.1. The third-order valence-electron chi connectivity index (χ3n) is 11.0. The van der Waals surface area contributed by atoms with Crippen molar-refractivity contribution >= 4 is 44.2 Å². The molecule has 0 bridgehead atoms. The van der Waals surface area contributed by atoms with Gasteiger partial charge in [0.1, 0.15) is 17.3 Å². The molecule has 0 amide bonds. The van der Waals surface area contributed by atoms with Crippen LogP contribution in [0.2, 0.25) is 0 Å². The number of hydrogen-bond acceptors (Lipinski definition) is 4. The lowest BCUT2D eigenvalue weighted by molar-refractivity contribution is 0.483. The fourth-order valence-corrected chi connectivity index (χ4v) is 8.33. The Labute approximate surface area is 336 Å². The van der Waals surface area contributed by atoms with Gasteiger partial charge in [-0.2, -0.15) is 0 Å². The molecule has 58 heavy (non-hydrogen) atoms. The first-order valence-electron chi connectivity index (χ1n) is 19.6. The quantitative estimate of drug-likeness (QED) is 0.155. The van der Waals surface area contributed by atoms with E-state index in [-0.39, 0.29) is 0 Å². The monoisotopic (exact) mass is 747 g/mol. The normalized spacial score (nSPS) is 12.6. The van der Waals surface area contributed by atoms with Crippen LogP contribution >= 0.6 is 0 Å². The van der Waals surface area contributed by atoms with Gasteiger partial charge in [-0.05, 0) is 89.0 Å². The molecule has 0 saturated heterocycles. The molecule has 0 spiro atoms. The van der Waals surface area contributed by atoms with Crippen LogP contribution in [-0.4, -0.2) is 20.8 Å². The number of benzene rings is 7. The molecule has 0 unspecified atom stereocenters.